The minimum atomic E-state index is -2.03. The maximum absolute atomic E-state index is 11.5. The van der Waals surface area contributed by atoms with Crippen LogP contribution in [0.4, 0.5) is 4.79 Å². The Morgan fingerprint density at radius 2 is 1.90 bits per heavy atom. The summed E-state index contributed by atoms with van der Waals surface area (Å²) < 4.78 is 15.6. The summed E-state index contributed by atoms with van der Waals surface area (Å²) in [5.41, 5.74) is 0.346. The van der Waals surface area contributed by atoms with E-state index >= 15 is 0 Å². The quantitative estimate of drug-likeness (QED) is 0.286. The van der Waals surface area contributed by atoms with Crippen LogP contribution in [0.3, 0.4) is 0 Å². The van der Waals surface area contributed by atoms with E-state index in [2.05, 4.69) is 11.9 Å². The van der Waals surface area contributed by atoms with Crippen LogP contribution in [0.25, 0.3) is 0 Å². The molecule has 0 aromatic heterocycles. The summed E-state index contributed by atoms with van der Waals surface area (Å²) in [4.78, 5) is 22.6. The normalized spacial score (nSPS) is 11.0. The Hall–Kier alpha value is -0.833. The van der Waals surface area contributed by atoms with Gasteiger partial charge < -0.3 is 18.9 Å². The number of esters is 1. The van der Waals surface area contributed by atoms with Gasteiger partial charge in [-0.15, -0.1) is 0 Å². The summed E-state index contributed by atoms with van der Waals surface area (Å²) in [5.74, 6) is 0.257. The Balaban J connectivity index is 3.64. The second-order valence-corrected chi connectivity index (χ2v) is 9.28. The van der Waals surface area contributed by atoms with E-state index in [0.29, 0.717) is 17.9 Å². The Bertz CT molecular complexity index is 360. The van der Waals surface area contributed by atoms with Crippen LogP contribution in [0.2, 0.25) is 12.6 Å². The molecule has 0 aromatic rings. The first kappa shape index (κ1) is 20.2. The van der Waals surface area contributed by atoms with Crippen LogP contribution in [0.1, 0.15) is 13.3 Å². The van der Waals surface area contributed by atoms with Gasteiger partial charge in [-0.25, -0.2) is 4.79 Å². The third-order valence-corrected chi connectivity index (χ3v) is 6.71. The second kappa shape index (κ2) is 10.8. The molecule has 0 atom stereocenters. The molecular formula is C13H25NO5SSi. The maximum Gasteiger partial charge on any atom is 0.334 e. The van der Waals surface area contributed by atoms with Gasteiger partial charge in [-0.3, -0.25) is 4.79 Å². The van der Waals surface area contributed by atoms with E-state index in [4.69, 9.17) is 13.6 Å². The van der Waals surface area contributed by atoms with E-state index in [9.17, 15) is 9.59 Å². The molecule has 122 valence electrons. The predicted octanol–water partition coefficient (Wildman–Crippen LogP) is 2.30. The topological polar surface area (TPSA) is 73.9 Å². The number of ether oxygens (including phenoxy) is 1. The lowest BCUT2D eigenvalue weighted by atomic mass is 10.4. The van der Waals surface area contributed by atoms with Crippen molar-refractivity contribution in [3.05, 3.63) is 12.2 Å². The molecule has 0 saturated carbocycles. The lowest BCUT2D eigenvalue weighted by Crippen LogP contribution is -2.36. The van der Waals surface area contributed by atoms with Gasteiger partial charge in [0.15, 0.2) is 0 Å². The van der Waals surface area contributed by atoms with Crippen molar-refractivity contribution in [2.45, 2.75) is 25.9 Å². The van der Waals surface area contributed by atoms with Crippen LogP contribution < -0.4 is 5.32 Å². The molecule has 0 aliphatic rings. The molecule has 0 aromatic carbocycles. The molecule has 0 aliphatic heterocycles. The highest BCUT2D eigenvalue weighted by molar-refractivity contribution is 8.13. The predicted molar refractivity (Wildman–Crippen MR) is 86.7 cm³/mol. The molecule has 0 fully saturated rings. The van der Waals surface area contributed by atoms with Crippen LogP contribution >= 0.6 is 11.8 Å². The molecule has 6 nitrogen and oxygen atoms in total. The van der Waals surface area contributed by atoms with E-state index < -0.39 is 14.5 Å². The molecule has 0 aliphatic carbocycles. The first-order valence-electron chi connectivity index (χ1n) is 6.68. The van der Waals surface area contributed by atoms with Crippen molar-refractivity contribution in [3.8, 4) is 0 Å². The summed E-state index contributed by atoms with van der Waals surface area (Å²) in [6, 6.07) is 0.844. The number of amides is 1. The number of nitrogens with one attached hydrogen (secondary N) is 1. The smallest absolute Gasteiger partial charge is 0.334 e. The minimum absolute atomic E-state index is 0.125. The number of hydrogen-bond acceptors (Lipinski definition) is 6. The van der Waals surface area contributed by atoms with Crippen LogP contribution in [0, 0.1) is 0 Å². The lowest BCUT2D eigenvalue weighted by Gasteiger charge is -2.22. The van der Waals surface area contributed by atoms with Gasteiger partial charge in [0.05, 0.1) is 6.54 Å². The molecule has 0 unspecified atom stereocenters. The molecule has 0 rings (SSSR count). The molecule has 0 radical (unpaired) electrons. The maximum atomic E-state index is 11.5. The average molecular weight is 335 g/mol. The van der Waals surface area contributed by atoms with Crippen LogP contribution in [-0.4, -0.2) is 52.9 Å². The van der Waals surface area contributed by atoms with Gasteiger partial charge in [-0.1, -0.05) is 18.3 Å². The van der Waals surface area contributed by atoms with E-state index in [0.717, 1.165) is 12.5 Å². The summed E-state index contributed by atoms with van der Waals surface area (Å²) >= 11 is 1.21. The number of thioether (sulfide) groups is 1. The van der Waals surface area contributed by atoms with Crippen molar-refractivity contribution < 1.29 is 23.2 Å². The third-order valence-electron chi connectivity index (χ3n) is 2.83. The Morgan fingerprint density at radius 1 is 1.29 bits per heavy atom. The highest BCUT2D eigenvalue weighted by atomic mass is 32.2. The Morgan fingerprint density at radius 3 is 2.43 bits per heavy atom. The second-order valence-electron chi connectivity index (χ2n) is 4.62. The fourth-order valence-electron chi connectivity index (χ4n) is 1.32. The zero-order valence-corrected chi connectivity index (χ0v) is 15.0. The van der Waals surface area contributed by atoms with Crippen molar-refractivity contribution in [2.24, 2.45) is 0 Å². The Kier molecular flexibility index (Phi) is 10.4. The molecule has 0 heterocycles. The first-order valence-corrected chi connectivity index (χ1v) is 10.2. The molecule has 0 bridgehead atoms. The molecule has 0 saturated heterocycles. The van der Waals surface area contributed by atoms with Crippen molar-refractivity contribution in [1.29, 1.82) is 0 Å². The minimum Gasteiger partial charge on any atom is -0.460 e. The van der Waals surface area contributed by atoms with Crippen molar-refractivity contribution in [1.82, 2.24) is 5.32 Å². The van der Waals surface area contributed by atoms with Crippen molar-refractivity contribution in [2.75, 3.05) is 33.1 Å². The van der Waals surface area contributed by atoms with Gasteiger partial charge >= 0.3 is 14.5 Å². The molecular weight excluding hydrogens is 310 g/mol. The number of carbonyl (C=O) groups is 2. The van der Waals surface area contributed by atoms with Gasteiger partial charge in [-0.2, -0.15) is 0 Å². The molecule has 8 heteroatoms. The highest BCUT2D eigenvalue weighted by Gasteiger charge is 2.27. The van der Waals surface area contributed by atoms with Crippen LogP contribution in [-0.2, 0) is 18.4 Å². The highest BCUT2D eigenvalue weighted by Crippen LogP contribution is 2.16. The van der Waals surface area contributed by atoms with E-state index in [-0.39, 0.29) is 11.8 Å². The zero-order valence-electron chi connectivity index (χ0n) is 13.2. The standard InChI is InChI=1S/C13H25NO5SSi/c1-11(2)12(15)19-8-7-14-13(16)20-9-6-10-21(5,17-3)18-4/h1,6-10H2,2-5H3,(H,14,16). The summed E-state index contributed by atoms with van der Waals surface area (Å²) in [6.45, 7) is 7.49. The molecule has 0 spiro atoms. The van der Waals surface area contributed by atoms with E-state index in [1.165, 1.54) is 11.8 Å². The monoisotopic (exact) mass is 335 g/mol. The van der Waals surface area contributed by atoms with Gasteiger partial charge in [0.1, 0.15) is 6.61 Å². The van der Waals surface area contributed by atoms with Crippen LogP contribution in [0.5, 0.6) is 0 Å². The number of rotatable bonds is 10. The fraction of sp³-hybridized carbons (Fsp3) is 0.692. The fourth-order valence-corrected chi connectivity index (χ4v) is 3.65. The number of hydrogen-bond donors (Lipinski definition) is 1. The molecule has 1 N–H and O–H groups in total. The Labute approximate surface area is 131 Å². The summed E-state index contributed by atoms with van der Waals surface area (Å²) in [6.07, 6.45) is 0.854. The van der Waals surface area contributed by atoms with E-state index in [1.54, 1.807) is 21.1 Å². The lowest BCUT2D eigenvalue weighted by molar-refractivity contribution is -0.138. The van der Waals surface area contributed by atoms with Crippen molar-refractivity contribution in [3.63, 3.8) is 0 Å². The average Bonchev–Trinajstić information content (AvgIpc) is 2.47. The van der Waals surface area contributed by atoms with Gasteiger partial charge in [-0.05, 0) is 25.9 Å². The van der Waals surface area contributed by atoms with Gasteiger partial charge in [0.2, 0.25) is 0 Å². The first-order chi connectivity index (χ1) is 9.84. The summed E-state index contributed by atoms with van der Waals surface area (Å²) in [5, 5.41) is 2.54. The molecule has 21 heavy (non-hydrogen) atoms. The number of carbonyl (C=O) groups excluding carboxylic acids is 2. The zero-order chi connectivity index (χ0) is 16.3. The van der Waals surface area contributed by atoms with E-state index in [1.807, 2.05) is 6.55 Å². The third kappa shape index (κ3) is 9.67. The van der Waals surface area contributed by atoms with Gasteiger partial charge in [0, 0.05) is 25.5 Å². The van der Waals surface area contributed by atoms with Gasteiger partial charge in [0.25, 0.3) is 5.24 Å². The largest absolute Gasteiger partial charge is 0.460 e. The SMILES string of the molecule is C=C(C)C(=O)OCCNC(=O)SCCC[Si](C)(OC)OC. The summed E-state index contributed by atoms with van der Waals surface area (Å²) in [7, 11) is 1.27. The van der Waals surface area contributed by atoms with Crippen molar-refractivity contribution >= 4 is 31.5 Å². The van der Waals surface area contributed by atoms with Crippen LogP contribution in [0.15, 0.2) is 12.2 Å². The molecule has 1 amide bonds.